The summed E-state index contributed by atoms with van der Waals surface area (Å²) >= 11 is 1.43. The Morgan fingerprint density at radius 3 is 2.74 bits per heavy atom. The second-order valence-corrected chi connectivity index (χ2v) is 7.39. The number of benzene rings is 1. The number of hydrazone groups is 1. The van der Waals surface area contributed by atoms with Crippen molar-refractivity contribution in [1.29, 1.82) is 0 Å². The van der Waals surface area contributed by atoms with Gasteiger partial charge in [-0.3, -0.25) is 5.43 Å². The normalized spacial score (nSPS) is 17.0. The lowest BCUT2D eigenvalue weighted by molar-refractivity contribution is 0.161. The molecule has 3 rings (SSSR count). The molecule has 1 atom stereocenters. The van der Waals surface area contributed by atoms with Gasteiger partial charge in [0.2, 0.25) is 0 Å². The first-order chi connectivity index (χ1) is 12.9. The lowest BCUT2D eigenvalue weighted by atomic mass is 10.1. The molecule has 0 fully saturated rings. The standard InChI is InChI=1S/C19H22F2N4OS/c1-11-7-15(13(3)25(11)12(2)9-26-4)18-10-27-19(24-23-18)22-17-6-5-14(20)8-16(17)21/h5-8,12H,9-10H2,1-4H3,(H,22,24)/t12-/m0/s1. The zero-order chi connectivity index (χ0) is 19.6. The maximum absolute atomic E-state index is 13.8. The summed E-state index contributed by atoms with van der Waals surface area (Å²) in [5.41, 5.74) is 7.21. The Kier molecular flexibility index (Phi) is 5.96. The van der Waals surface area contributed by atoms with Crippen LogP contribution in [0.1, 0.15) is 29.9 Å². The van der Waals surface area contributed by atoms with E-state index in [4.69, 9.17) is 4.74 Å². The number of rotatable bonds is 5. The highest BCUT2D eigenvalue weighted by Crippen LogP contribution is 2.25. The van der Waals surface area contributed by atoms with Crippen molar-refractivity contribution in [2.24, 2.45) is 10.1 Å². The number of aryl methyl sites for hydroxylation is 1. The van der Waals surface area contributed by atoms with E-state index in [1.54, 1.807) is 7.11 Å². The Bertz CT molecular complexity index is 907. The van der Waals surface area contributed by atoms with E-state index in [9.17, 15) is 8.78 Å². The van der Waals surface area contributed by atoms with Crippen molar-refractivity contribution in [3.8, 4) is 0 Å². The van der Waals surface area contributed by atoms with Gasteiger partial charge in [-0.25, -0.2) is 13.8 Å². The smallest absolute Gasteiger partial charge is 0.182 e. The van der Waals surface area contributed by atoms with Gasteiger partial charge in [0.05, 0.1) is 18.4 Å². The van der Waals surface area contributed by atoms with E-state index in [0.29, 0.717) is 17.5 Å². The molecule has 27 heavy (non-hydrogen) atoms. The van der Waals surface area contributed by atoms with Gasteiger partial charge in [-0.05, 0) is 39.0 Å². The van der Waals surface area contributed by atoms with Crippen LogP contribution in [0.2, 0.25) is 0 Å². The molecule has 0 radical (unpaired) electrons. The summed E-state index contributed by atoms with van der Waals surface area (Å²) in [6, 6.07) is 5.65. The molecule has 2 heterocycles. The lowest BCUT2D eigenvalue weighted by Gasteiger charge is -2.19. The molecule has 144 valence electrons. The summed E-state index contributed by atoms with van der Waals surface area (Å²) in [5.74, 6) is -0.716. The molecular weight excluding hydrogens is 370 g/mol. The van der Waals surface area contributed by atoms with Crippen LogP contribution < -0.4 is 5.43 Å². The highest BCUT2D eigenvalue weighted by atomic mass is 32.2. The van der Waals surface area contributed by atoms with Crippen LogP contribution in [-0.4, -0.2) is 34.9 Å². The van der Waals surface area contributed by atoms with Gasteiger partial charge >= 0.3 is 0 Å². The third-order valence-electron chi connectivity index (χ3n) is 4.41. The predicted molar refractivity (Wildman–Crippen MR) is 106 cm³/mol. The number of halogens is 2. The Hall–Kier alpha value is -2.19. The second kappa shape index (κ2) is 8.22. The zero-order valence-electron chi connectivity index (χ0n) is 15.7. The number of thioether (sulfide) groups is 1. The van der Waals surface area contributed by atoms with Gasteiger partial charge in [0.1, 0.15) is 11.5 Å². The minimum atomic E-state index is -0.699. The maximum atomic E-state index is 13.8. The van der Waals surface area contributed by atoms with Crippen LogP contribution in [0.4, 0.5) is 14.5 Å². The van der Waals surface area contributed by atoms with Crippen LogP contribution >= 0.6 is 11.8 Å². The van der Waals surface area contributed by atoms with Crippen molar-refractivity contribution in [3.05, 3.63) is 52.9 Å². The lowest BCUT2D eigenvalue weighted by Crippen LogP contribution is -2.25. The van der Waals surface area contributed by atoms with Crippen molar-refractivity contribution >= 4 is 28.3 Å². The van der Waals surface area contributed by atoms with Gasteiger partial charge in [0.15, 0.2) is 11.0 Å². The number of nitrogens with zero attached hydrogens (tertiary/aromatic N) is 3. The number of nitrogens with one attached hydrogen (secondary N) is 1. The highest BCUT2D eigenvalue weighted by Gasteiger charge is 2.20. The monoisotopic (exact) mass is 392 g/mol. The Labute approximate surface area is 161 Å². The molecule has 0 saturated heterocycles. The maximum Gasteiger partial charge on any atom is 0.182 e. The fourth-order valence-corrected chi connectivity index (χ4v) is 4.02. The topological polar surface area (TPSA) is 50.9 Å². The second-order valence-electron chi connectivity index (χ2n) is 6.43. The first-order valence-electron chi connectivity index (χ1n) is 8.57. The number of methoxy groups -OCH3 is 1. The molecule has 1 aromatic carbocycles. The summed E-state index contributed by atoms with van der Waals surface area (Å²) in [4.78, 5) is 4.18. The molecule has 5 nitrogen and oxygen atoms in total. The molecule has 8 heteroatoms. The fourth-order valence-electron chi connectivity index (χ4n) is 3.26. The average molecular weight is 392 g/mol. The highest BCUT2D eigenvalue weighted by molar-refractivity contribution is 8.14. The number of ether oxygens (including phenoxy) is 1. The Morgan fingerprint density at radius 1 is 1.33 bits per heavy atom. The van der Waals surface area contributed by atoms with Crippen molar-refractivity contribution < 1.29 is 13.5 Å². The van der Waals surface area contributed by atoms with E-state index in [0.717, 1.165) is 28.7 Å². The van der Waals surface area contributed by atoms with Crippen molar-refractivity contribution in [3.63, 3.8) is 0 Å². The summed E-state index contributed by atoms with van der Waals surface area (Å²) in [7, 11) is 1.70. The van der Waals surface area contributed by atoms with E-state index in [1.165, 1.54) is 23.9 Å². The van der Waals surface area contributed by atoms with Gasteiger partial charge in [0.25, 0.3) is 0 Å². The number of aromatic nitrogens is 1. The number of aliphatic imine (C=N–C) groups is 1. The molecule has 1 aliphatic heterocycles. The third kappa shape index (κ3) is 4.22. The number of amidine groups is 1. The molecule has 0 saturated carbocycles. The van der Waals surface area contributed by atoms with Crippen LogP contribution in [0.25, 0.3) is 0 Å². The molecular formula is C19H22F2N4OS. The van der Waals surface area contributed by atoms with E-state index < -0.39 is 11.6 Å². The summed E-state index contributed by atoms with van der Waals surface area (Å²) in [5, 5.41) is 4.90. The average Bonchev–Trinajstić information content (AvgIpc) is 2.93. The molecule has 1 N–H and O–H groups in total. The zero-order valence-corrected chi connectivity index (χ0v) is 16.5. The summed E-state index contributed by atoms with van der Waals surface area (Å²) in [6.45, 7) is 6.89. The Morgan fingerprint density at radius 2 is 2.11 bits per heavy atom. The van der Waals surface area contributed by atoms with E-state index in [1.807, 2.05) is 0 Å². The summed E-state index contributed by atoms with van der Waals surface area (Å²) in [6.07, 6.45) is 0. The van der Waals surface area contributed by atoms with Gasteiger partial charge in [0, 0.05) is 35.9 Å². The minimum absolute atomic E-state index is 0.0802. The van der Waals surface area contributed by atoms with E-state index in [2.05, 4.69) is 46.9 Å². The quantitative estimate of drug-likeness (QED) is 0.825. The SMILES string of the molecule is COC[C@H](C)n1c(C)cc(C2=NNC(=Nc3ccc(F)cc3F)SC2)c1C. The van der Waals surface area contributed by atoms with Crippen molar-refractivity contribution in [2.45, 2.75) is 26.8 Å². The first-order valence-corrected chi connectivity index (χ1v) is 9.56. The Balaban J connectivity index is 1.81. The first kappa shape index (κ1) is 19.6. The third-order valence-corrected chi connectivity index (χ3v) is 5.28. The molecule has 0 bridgehead atoms. The molecule has 2 aromatic rings. The van der Waals surface area contributed by atoms with Gasteiger partial charge in [-0.2, -0.15) is 5.10 Å². The minimum Gasteiger partial charge on any atom is -0.383 e. The molecule has 1 aromatic heterocycles. The van der Waals surface area contributed by atoms with E-state index in [-0.39, 0.29) is 11.7 Å². The molecule has 0 aliphatic carbocycles. The molecule has 0 unspecified atom stereocenters. The van der Waals surface area contributed by atoms with Gasteiger partial charge < -0.3 is 9.30 Å². The predicted octanol–water partition coefficient (Wildman–Crippen LogP) is 4.32. The fraction of sp³-hybridized carbons (Fsp3) is 0.368. The molecule has 0 spiro atoms. The van der Waals surface area contributed by atoms with E-state index >= 15 is 0 Å². The van der Waals surface area contributed by atoms with Crippen LogP contribution in [-0.2, 0) is 4.74 Å². The number of hydrogen-bond donors (Lipinski definition) is 1. The van der Waals surface area contributed by atoms with Gasteiger partial charge in [-0.1, -0.05) is 11.8 Å². The van der Waals surface area contributed by atoms with Gasteiger partial charge in [-0.15, -0.1) is 0 Å². The van der Waals surface area contributed by atoms with Crippen molar-refractivity contribution in [2.75, 3.05) is 19.5 Å². The molecule has 1 aliphatic rings. The van der Waals surface area contributed by atoms with Crippen LogP contribution in [0.3, 0.4) is 0 Å². The van der Waals surface area contributed by atoms with Crippen LogP contribution in [0.5, 0.6) is 0 Å². The van der Waals surface area contributed by atoms with Crippen molar-refractivity contribution in [1.82, 2.24) is 9.99 Å². The largest absolute Gasteiger partial charge is 0.383 e. The van der Waals surface area contributed by atoms with Crippen LogP contribution in [0.15, 0.2) is 34.4 Å². The molecule has 0 amide bonds. The number of hydrogen-bond acceptors (Lipinski definition) is 4. The summed E-state index contributed by atoms with van der Waals surface area (Å²) < 4.78 is 34.3. The van der Waals surface area contributed by atoms with Crippen LogP contribution in [0, 0.1) is 25.5 Å².